The first-order valence-corrected chi connectivity index (χ1v) is 7.37. The molecule has 3 rings (SSSR count). The van der Waals surface area contributed by atoms with Crippen molar-refractivity contribution in [2.24, 2.45) is 0 Å². The van der Waals surface area contributed by atoms with Gasteiger partial charge < -0.3 is 0 Å². The quantitative estimate of drug-likeness (QED) is 0.790. The minimum atomic E-state index is -0.284. The first-order valence-electron chi connectivity index (χ1n) is 7.37. The lowest BCUT2D eigenvalue weighted by molar-refractivity contribution is -0.141. The number of rotatable bonds is 3. The minimum Gasteiger partial charge on any atom is -0.286 e. The van der Waals surface area contributed by atoms with Crippen molar-refractivity contribution in [2.45, 2.75) is 31.6 Å². The molecule has 0 N–H and O–H groups in total. The summed E-state index contributed by atoms with van der Waals surface area (Å²) < 4.78 is 0. The van der Waals surface area contributed by atoms with E-state index < -0.39 is 0 Å². The fourth-order valence-electron chi connectivity index (χ4n) is 3.08. The van der Waals surface area contributed by atoms with Crippen LogP contribution in [0.3, 0.4) is 0 Å². The van der Waals surface area contributed by atoms with Gasteiger partial charge in [0.25, 0.3) is 0 Å². The third kappa shape index (κ3) is 2.61. The molecule has 2 heterocycles. The summed E-state index contributed by atoms with van der Waals surface area (Å²) in [6, 6.07) is 9.62. The van der Waals surface area contributed by atoms with E-state index >= 15 is 0 Å². The fourth-order valence-corrected chi connectivity index (χ4v) is 3.08. The monoisotopic (exact) mass is 272 g/mol. The molecule has 2 aliphatic heterocycles. The van der Waals surface area contributed by atoms with Crippen molar-refractivity contribution < 1.29 is 9.59 Å². The molecular formula is C16H20N2O2. The summed E-state index contributed by atoms with van der Waals surface area (Å²) in [6.07, 6.45) is 3.90. The zero-order chi connectivity index (χ0) is 13.9. The van der Waals surface area contributed by atoms with Gasteiger partial charge in [-0.15, -0.1) is 0 Å². The van der Waals surface area contributed by atoms with Crippen LogP contribution in [0.1, 0.15) is 37.2 Å². The Hall–Kier alpha value is -1.68. The standard InChI is InChI=1S/C16H20N2O2/c19-15-11-14(13-7-3-1-4-8-13)16(20)18(15)12-17-9-5-2-6-10-17/h1,3-4,7-8,14H,2,5-6,9-12H2. The molecule has 1 unspecified atom stereocenters. The van der Waals surface area contributed by atoms with Gasteiger partial charge in [-0.25, -0.2) is 0 Å². The first kappa shape index (κ1) is 13.3. The van der Waals surface area contributed by atoms with E-state index in [-0.39, 0.29) is 17.7 Å². The summed E-state index contributed by atoms with van der Waals surface area (Å²) in [5.41, 5.74) is 0.951. The average Bonchev–Trinajstić information content (AvgIpc) is 2.77. The highest BCUT2D eigenvalue weighted by molar-refractivity contribution is 6.06. The highest BCUT2D eigenvalue weighted by Gasteiger charge is 2.39. The van der Waals surface area contributed by atoms with Gasteiger partial charge in [-0.2, -0.15) is 0 Å². The van der Waals surface area contributed by atoms with Crippen LogP contribution in [0.2, 0.25) is 0 Å². The summed E-state index contributed by atoms with van der Waals surface area (Å²) in [5.74, 6) is -0.352. The second kappa shape index (κ2) is 5.75. The molecule has 1 atom stereocenters. The van der Waals surface area contributed by atoms with Crippen LogP contribution >= 0.6 is 0 Å². The number of nitrogens with zero attached hydrogens (tertiary/aromatic N) is 2. The Morgan fingerprint density at radius 3 is 2.40 bits per heavy atom. The van der Waals surface area contributed by atoms with E-state index in [2.05, 4.69) is 4.90 Å². The van der Waals surface area contributed by atoms with Gasteiger partial charge >= 0.3 is 0 Å². The maximum absolute atomic E-state index is 12.5. The number of hydrogen-bond acceptors (Lipinski definition) is 3. The maximum atomic E-state index is 12.5. The van der Waals surface area contributed by atoms with Crippen LogP contribution in [-0.2, 0) is 9.59 Å². The molecule has 1 aromatic rings. The number of amides is 2. The largest absolute Gasteiger partial charge is 0.286 e. The molecule has 4 nitrogen and oxygen atoms in total. The van der Waals surface area contributed by atoms with E-state index in [0.717, 1.165) is 18.7 Å². The van der Waals surface area contributed by atoms with Crippen LogP contribution in [0, 0.1) is 0 Å². The number of benzene rings is 1. The van der Waals surface area contributed by atoms with Crippen LogP contribution < -0.4 is 0 Å². The van der Waals surface area contributed by atoms with Crippen LogP contribution in [0.25, 0.3) is 0 Å². The Morgan fingerprint density at radius 1 is 1.00 bits per heavy atom. The summed E-state index contributed by atoms with van der Waals surface area (Å²) in [7, 11) is 0. The molecule has 0 bridgehead atoms. The Morgan fingerprint density at radius 2 is 1.70 bits per heavy atom. The van der Waals surface area contributed by atoms with Crippen LogP contribution in [0.4, 0.5) is 0 Å². The topological polar surface area (TPSA) is 40.6 Å². The van der Waals surface area contributed by atoms with Gasteiger partial charge in [0.1, 0.15) is 0 Å². The Bertz CT molecular complexity index is 494. The highest BCUT2D eigenvalue weighted by atomic mass is 16.2. The zero-order valence-corrected chi connectivity index (χ0v) is 11.6. The highest BCUT2D eigenvalue weighted by Crippen LogP contribution is 2.29. The first-order chi connectivity index (χ1) is 9.75. The Labute approximate surface area is 119 Å². The molecule has 2 fully saturated rings. The van der Waals surface area contributed by atoms with Gasteiger partial charge in [0.15, 0.2) is 0 Å². The summed E-state index contributed by atoms with van der Waals surface area (Å²) in [4.78, 5) is 28.3. The summed E-state index contributed by atoms with van der Waals surface area (Å²) in [6.45, 7) is 2.46. The molecule has 0 aliphatic carbocycles. The SMILES string of the molecule is O=C1CC(c2ccccc2)C(=O)N1CN1CCCCC1. The predicted molar refractivity (Wildman–Crippen MR) is 75.9 cm³/mol. The van der Waals surface area contributed by atoms with Crippen molar-refractivity contribution in [3.8, 4) is 0 Å². The summed E-state index contributed by atoms with van der Waals surface area (Å²) in [5, 5.41) is 0. The van der Waals surface area contributed by atoms with Crippen molar-refractivity contribution in [3.05, 3.63) is 35.9 Å². The van der Waals surface area contributed by atoms with Gasteiger partial charge in [0, 0.05) is 6.42 Å². The van der Waals surface area contributed by atoms with Crippen molar-refractivity contribution in [1.82, 2.24) is 9.80 Å². The molecule has 1 aromatic carbocycles. The number of piperidine rings is 1. The molecule has 2 saturated heterocycles. The summed E-state index contributed by atoms with van der Waals surface area (Å²) >= 11 is 0. The fraction of sp³-hybridized carbons (Fsp3) is 0.500. The van der Waals surface area contributed by atoms with Crippen LogP contribution in [-0.4, -0.2) is 41.4 Å². The van der Waals surface area contributed by atoms with E-state index in [0.29, 0.717) is 13.1 Å². The number of hydrogen-bond donors (Lipinski definition) is 0. The minimum absolute atomic E-state index is 0.0329. The Kier molecular flexibility index (Phi) is 3.83. The molecule has 0 saturated carbocycles. The van der Waals surface area contributed by atoms with E-state index in [1.807, 2.05) is 30.3 Å². The van der Waals surface area contributed by atoms with Crippen molar-refractivity contribution in [2.75, 3.05) is 19.8 Å². The molecule has 0 spiro atoms. The lowest BCUT2D eigenvalue weighted by Crippen LogP contribution is -2.43. The van der Waals surface area contributed by atoms with Crippen LogP contribution in [0.5, 0.6) is 0 Å². The second-order valence-corrected chi connectivity index (χ2v) is 5.65. The number of likely N-dealkylation sites (tertiary alicyclic amines) is 2. The van der Waals surface area contributed by atoms with E-state index in [9.17, 15) is 9.59 Å². The zero-order valence-electron chi connectivity index (χ0n) is 11.6. The van der Waals surface area contributed by atoms with Crippen molar-refractivity contribution in [3.63, 3.8) is 0 Å². The number of carbonyl (C=O) groups excluding carboxylic acids is 2. The molecule has 4 heteroatoms. The molecule has 106 valence electrons. The van der Waals surface area contributed by atoms with Gasteiger partial charge in [-0.1, -0.05) is 36.8 Å². The molecule has 0 aromatic heterocycles. The lowest BCUT2D eigenvalue weighted by atomic mass is 9.98. The number of imide groups is 1. The normalized spacial score (nSPS) is 24.4. The van der Waals surface area contributed by atoms with E-state index in [4.69, 9.17) is 0 Å². The van der Waals surface area contributed by atoms with Crippen molar-refractivity contribution in [1.29, 1.82) is 0 Å². The van der Waals surface area contributed by atoms with E-state index in [1.165, 1.54) is 24.2 Å². The third-order valence-electron chi connectivity index (χ3n) is 4.24. The molecule has 2 aliphatic rings. The molecular weight excluding hydrogens is 252 g/mol. The van der Waals surface area contributed by atoms with E-state index in [1.54, 1.807) is 0 Å². The molecule has 0 radical (unpaired) electrons. The Balaban J connectivity index is 1.70. The molecule has 2 amide bonds. The second-order valence-electron chi connectivity index (χ2n) is 5.65. The maximum Gasteiger partial charge on any atom is 0.238 e. The smallest absolute Gasteiger partial charge is 0.238 e. The van der Waals surface area contributed by atoms with Crippen LogP contribution in [0.15, 0.2) is 30.3 Å². The lowest BCUT2D eigenvalue weighted by Gasteiger charge is -2.29. The predicted octanol–water partition coefficient (Wildman–Crippen LogP) is 1.97. The number of carbonyl (C=O) groups is 2. The average molecular weight is 272 g/mol. The van der Waals surface area contributed by atoms with Crippen molar-refractivity contribution >= 4 is 11.8 Å². The molecule has 20 heavy (non-hydrogen) atoms. The van der Waals surface area contributed by atoms with Gasteiger partial charge in [0.2, 0.25) is 11.8 Å². The third-order valence-corrected chi connectivity index (χ3v) is 4.24. The van der Waals surface area contributed by atoms with Gasteiger partial charge in [-0.05, 0) is 31.5 Å². The van der Waals surface area contributed by atoms with Gasteiger partial charge in [0.05, 0.1) is 12.6 Å². The van der Waals surface area contributed by atoms with Gasteiger partial charge in [-0.3, -0.25) is 19.4 Å².